The zero-order valence-electron chi connectivity index (χ0n) is 16.6. The van der Waals surface area contributed by atoms with E-state index >= 15 is 0 Å². The Balaban J connectivity index is 1.64. The first-order valence-electron chi connectivity index (χ1n) is 9.98. The molecule has 3 rings (SSSR count). The van der Waals surface area contributed by atoms with E-state index in [4.69, 9.17) is 5.73 Å². The maximum Gasteiger partial charge on any atom is 0.314 e. The lowest BCUT2D eigenvalue weighted by atomic mass is 9.68. The number of nitrogens with zero attached hydrogens (tertiary/aromatic N) is 3. The Kier molecular flexibility index (Phi) is 6.05. The van der Waals surface area contributed by atoms with Crippen LogP contribution >= 0.6 is 0 Å². The van der Waals surface area contributed by atoms with Crippen LogP contribution in [-0.2, 0) is 4.79 Å². The topological polar surface area (TPSA) is 69.9 Å². The van der Waals surface area contributed by atoms with Crippen molar-refractivity contribution in [1.82, 2.24) is 14.7 Å². The number of rotatable bonds is 4. The average Bonchev–Trinajstić information content (AvgIpc) is 2.68. The first kappa shape index (κ1) is 19.7. The zero-order chi connectivity index (χ0) is 19.4. The lowest BCUT2D eigenvalue weighted by molar-refractivity contribution is -0.134. The second-order valence-corrected chi connectivity index (χ2v) is 8.21. The van der Waals surface area contributed by atoms with Crippen molar-refractivity contribution in [3.63, 3.8) is 0 Å². The van der Waals surface area contributed by atoms with Gasteiger partial charge in [0.15, 0.2) is 0 Å². The number of urea groups is 1. The number of benzene rings is 1. The highest BCUT2D eigenvalue weighted by atomic mass is 16.2. The summed E-state index contributed by atoms with van der Waals surface area (Å²) in [5, 5.41) is 0. The zero-order valence-corrected chi connectivity index (χ0v) is 16.6. The van der Waals surface area contributed by atoms with Crippen molar-refractivity contribution in [3.8, 4) is 0 Å². The highest BCUT2D eigenvalue weighted by molar-refractivity contribution is 5.83. The third-order valence-electron chi connectivity index (χ3n) is 6.36. The molecule has 1 spiro atoms. The van der Waals surface area contributed by atoms with Crippen molar-refractivity contribution >= 4 is 11.9 Å². The standard InChI is InChI=1S/C21H32N4O2/c1-3-24-14-18(17-7-5-4-6-8-17)13-21(16-24)9-11-25(12-10-21)19(26)15-23(2)20(22)27/h4-8,18H,3,9-16H2,1-2H3,(H2,22,27). The van der Waals surface area contributed by atoms with Gasteiger partial charge in [-0.25, -0.2) is 4.79 Å². The van der Waals surface area contributed by atoms with Crippen molar-refractivity contribution in [2.75, 3.05) is 46.3 Å². The van der Waals surface area contributed by atoms with E-state index < -0.39 is 6.03 Å². The highest BCUT2D eigenvalue weighted by Gasteiger charge is 2.42. The van der Waals surface area contributed by atoms with E-state index in [-0.39, 0.29) is 17.9 Å². The number of nitrogens with two attached hydrogens (primary N) is 1. The highest BCUT2D eigenvalue weighted by Crippen LogP contribution is 2.45. The van der Waals surface area contributed by atoms with E-state index in [2.05, 4.69) is 42.2 Å². The molecule has 3 amide bonds. The van der Waals surface area contributed by atoms with Crippen LogP contribution in [-0.4, -0.2) is 73.0 Å². The summed E-state index contributed by atoms with van der Waals surface area (Å²) in [6.07, 6.45) is 3.24. The van der Waals surface area contributed by atoms with Gasteiger partial charge in [0.1, 0.15) is 6.54 Å². The molecular weight excluding hydrogens is 340 g/mol. The second-order valence-electron chi connectivity index (χ2n) is 8.21. The fraction of sp³-hybridized carbons (Fsp3) is 0.619. The number of likely N-dealkylation sites (tertiary alicyclic amines) is 2. The van der Waals surface area contributed by atoms with Crippen LogP contribution < -0.4 is 5.73 Å². The maximum atomic E-state index is 12.5. The van der Waals surface area contributed by atoms with Crippen molar-refractivity contribution in [2.45, 2.75) is 32.1 Å². The molecule has 0 bridgehead atoms. The van der Waals surface area contributed by atoms with Crippen LogP contribution in [0.15, 0.2) is 30.3 Å². The van der Waals surface area contributed by atoms with Crippen LogP contribution in [0.4, 0.5) is 4.79 Å². The van der Waals surface area contributed by atoms with Crippen LogP contribution in [0.5, 0.6) is 0 Å². The van der Waals surface area contributed by atoms with Crippen molar-refractivity contribution in [1.29, 1.82) is 0 Å². The summed E-state index contributed by atoms with van der Waals surface area (Å²) in [6.45, 7) is 7.14. The predicted molar refractivity (Wildman–Crippen MR) is 106 cm³/mol. The molecule has 0 radical (unpaired) electrons. The molecular formula is C21H32N4O2. The van der Waals surface area contributed by atoms with Gasteiger partial charge in [0.25, 0.3) is 0 Å². The molecule has 0 aliphatic carbocycles. The fourth-order valence-corrected chi connectivity index (χ4v) is 4.67. The van der Waals surface area contributed by atoms with Gasteiger partial charge in [-0.05, 0) is 42.7 Å². The normalized spacial score (nSPS) is 22.6. The maximum absolute atomic E-state index is 12.5. The summed E-state index contributed by atoms with van der Waals surface area (Å²) < 4.78 is 0. The Labute approximate surface area is 162 Å². The van der Waals surface area contributed by atoms with Crippen molar-refractivity contribution in [2.24, 2.45) is 11.1 Å². The SMILES string of the molecule is CCN1CC(c2ccccc2)CC2(CCN(C(=O)CN(C)C(N)=O)CC2)C1. The minimum absolute atomic E-state index is 0.00563. The molecule has 2 N–H and O–H groups in total. The molecule has 2 heterocycles. The second kappa shape index (κ2) is 8.30. The van der Waals surface area contributed by atoms with Gasteiger partial charge >= 0.3 is 6.03 Å². The number of carbonyl (C=O) groups is 2. The molecule has 2 fully saturated rings. The van der Waals surface area contributed by atoms with Gasteiger partial charge in [-0.2, -0.15) is 0 Å². The minimum Gasteiger partial charge on any atom is -0.351 e. The third-order valence-corrected chi connectivity index (χ3v) is 6.36. The number of carbonyl (C=O) groups excluding carboxylic acids is 2. The summed E-state index contributed by atoms with van der Waals surface area (Å²) >= 11 is 0. The first-order chi connectivity index (χ1) is 12.9. The Hall–Kier alpha value is -2.08. The summed E-state index contributed by atoms with van der Waals surface area (Å²) in [7, 11) is 1.57. The van der Waals surface area contributed by atoms with Crippen molar-refractivity contribution in [3.05, 3.63) is 35.9 Å². The lowest BCUT2D eigenvalue weighted by Crippen LogP contribution is -2.53. The van der Waals surface area contributed by atoms with Crippen LogP contribution in [0.3, 0.4) is 0 Å². The molecule has 6 heteroatoms. The molecule has 0 aromatic heterocycles. The number of likely N-dealkylation sites (N-methyl/N-ethyl adjacent to an activating group) is 2. The largest absolute Gasteiger partial charge is 0.351 e. The molecule has 1 unspecified atom stereocenters. The number of primary amides is 1. The summed E-state index contributed by atoms with van der Waals surface area (Å²) in [6, 6.07) is 10.3. The third kappa shape index (κ3) is 4.61. The van der Waals surface area contributed by atoms with Crippen LogP contribution in [0.25, 0.3) is 0 Å². The predicted octanol–water partition coefficient (Wildman–Crippen LogP) is 2.12. The number of piperidine rings is 2. The fourth-order valence-electron chi connectivity index (χ4n) is 4.67. The number of hydrogen-bond acceptors (Lipinski definition) is 3. The van der Waals surface area contributed by atoms with Gasteiger partial charge < -0.3 is 20.4 Å². The number of hydrogen-bond donors (Lipinski definition) is 1. The Morgan fingerprint density at radius 1 is 1.22 bits per heavy atom. The molecule has 2 aliphatic heterocycles. The molecule has 6 nitrogen and oxygen atoms in total. The van der Waals surface area contributed by atoms with E-state index in [1.165, 1.54) is 16.9 Å². The molecule has 27 heavy (non-hydrogen) atoms. The first-order valence-corrected chi connectivity index (χ1v) is 9.98. The molecule has 1 aromatic rings. The number of amides is 3. The van der Waals surface area contributed by atoms with Gasteiger partial charge in [0.05, 0.1) is 0 Å². The molecule has 148 valence electrons. The summed E-state index contributed by atoms with van der Waals surface area (Å²) in [4.78, 5) is 29.4. The van der Waals surface area contributed by atoms with Gasteiger partial charge in [0.2, 0.25) is 5.91 Å². The van der Waals surface area contributed by atoms with Crippen LogP contribution in [0, 0.1) is 5.41 Å². The smallest absolute Gasteiger partial charge is 0.314 e. The van der Waals surface area contributed by atoms with Crippen molar-refractivity contribution < 1.29 is 9.59 Å². The lowest BCUT2D eigenvalue weighted by Gasteiger charge is -2.50. The minimum atomic E-state index is -0.562. The van der Waals surface area contributed by atoms with E-state index in [1.807, 2.05) is 4.90 Å². The Bertz CT molecular complexity index is 655. The van der Waals surface area contributed by atoms with E-state index in [0.29, 0.717) is 5.92 Å². The van der Waals surface area contributed by atoms with Crippen LogP contribution in [0.2, 0.25) is 0 Å². The van der Waals surface area contributed by atoms with E-state index in [9.17, 15) is 9.59 Å². The summed E-state index contributed by atoms with van der Waals surface area (Å²) in [5.74, 6) is 0.553. The Morgan fingerprint density at radius 3 is 2.48 bits per heavy atom. The quantitative estimate of drug-likeness (QED) is 0.880. The average molecular weight is 373 g/mol. The molecule has 2 aliphatic rings. The van der Waals surface area contributed by atoms with Gasteiger partial charge in [-0.15, -0.1) is 0 Å². The molecule has 1 aromatic carbocycles. The van der Waals surface area contributed by atoms with Gasteiger partial charge in [0, 0.05) is 33.2 Å². The monoisotopic (exact) mass is 372 g/mol. The van der Waals surface area contributed by atoms with Crippen LogP contribution in [0.1, 0.15) is 37.7 Å². The van der Waals surface area contributed by atoms with E-state index in [1.54, 1.807) is 7.05 Å². The molecule has 0 saturated carbocycles. The molecule has 1 atom stereocenters. The Morgan fingerprint density at radius 2 is 1.89 bits per heavy atom. The van der Waals surface area contributed by atoms with Gasteiger partial charge in [-0.3, -0.25) is 4.79 Å². The van der Waals surface area contributed by atoms with Gasteiger partial charge in [-0.1, -0.05) is 37.3 Å². The molecule has 2 saturated heterocycles. The summed E-state index contributed by atoms with van der Waals surface area (Å²) in [5.41, 5.74) is 6.94. The van der Waals surface area contributed by atoms with E-state index in [0.717, 1.165) is 45.6 Å².